The van der Waals surface area contributed by atoms with Gasteiger partial charge in [-0.05, 0) is 43.7 Å². The third kappa shape index (κ3) is 3.25. The molecule has 0 unspecified atom stereocenters. The largest absolute Gasteiger partial charge is 0.490 e. The Balaban J connectivity index is 1.94. The maximum Gasteiger partial charge on any atom is 0.168 e. The highest BCUT2D eigenvalue weighted by molar-refractivity contribution is 6.17. The highest BCUT2D eigenvalue weighted by atomic mass is 35.5. The molecule has 1 aliphatic rings. The average molecular weight is 255 g/mol. The number of nitrogens with one attached hydrogen (secondary N) is 1. The minimum absolute atomic E-state index is 0.406. The number of pyridine rings is 1. The van der Waals surface area contributed by atoms with Crippen molar-refractivity contribution in [1.29, 1.82) is 0 Å². The molecule has 3 nitrogen and oxygen atoms in total. The molecule has 0 atom stereocenters. The van der Waals surface area contributed by atoms with Gasteiger partial charge in [0.05, 0.1) is 6.61 Å². The van der Waals surface area contributed by atoms with Crippen LogP contribution in [0.5, 0.6) is 5.75 Å². The lowest BCUT2D eigenvalue weighted by atomic mass is 10.0. The molecule has 4 heteroatoms. The van der Waals surface area contributed by atoms with Gasteiger partial charge in [-0.25, -0.2) is 4.98 Å². The van der Waals surface area contributed by atoms with Crippen molar-refractivity contribution in [3.05, 3.63) is 18.3 Å². The highest BCUT2D eigenvalue weighted by Crippen LogP contribution is 2.49. The van der Waals surface area contributed by atoms with Crippen molar-refractivity contribution in [1.82, 2.24) is 4.98 Å². The maximum absolute atomic E-state index is 5.82. The Morgan fingerprint density at radius 2 is 2.35 bits per heavy atom. The van der Waals surface area contributed by atoms with Gasteiger partial charge in [0.2, 0.25) is 0 Å². The lowest BCUT2D eigenvalue weighted by molar-refractivity contribution is 0.340. The van der Waals surface area contributed by atoms with Crippen molar-refractivity contribution in [2.75, 3.05) is 24.3 Å². The zero-order chi connectivity index (χ0) is 12.1. The van der Waals surface area contributed by atoms with Crippen LogP contribution in [0.15, 0.2) is 18.3 Å². The van der Waals surface area contributed by atoms with E-state index in [0.717, 1.165) is 30.4 Å². The standard InChI is InChI=1S/C13H19ClN2O/c1-2-17-11-4-3-9-15-12(11)16-10-13(5-6-13)7-8-14/h3-4,9H,2,5-8,10H2,1H3,(H,15,16). The van der Waals surface area contributed by atoms with Gasteiger partial charge in [-0.2, -0.15) is 0 Å². The number of rotatable bonds is 7. The molecule has 1 saturated carbocycles. The first-order valence-electron chi connectivity index (χ1n) is 6.17. The van der Waals surface area contributed by atoms with Crippen LogP contribution >= 0.6 is 11.6 Å². The van der Waals surface area contributed by atoms with Crippen LogP contribution in [0.1, 0.15) is 26.2 Å². The van der Waals surface area contributed by atoms with Crippen LogP contribution in [0.4, 0.5) is 5.82 Å². The SMILES string of the molecule is CCOc1cccnc1NCC1(CCCl)CC1. The number of aromatic nitrogens is 1. The summed E-state index contributed by atoms with van der Waals surface area (Å²) in [6, 6.07) is 3.84. The van der Waals surface area contributed by atoms with Gasteiger partial charge in [0, 0.05) is 18.6 Å². The molecule has 1 aromatic rings. The molecule has 17 heavy (non-hydrogen) atoms. The van der Waals surface area contributed by atoms with Gasteiger partial charge in [-0.3, -0.25) is 0 Å². The van der Waals surface area contributed by atoms with E-state index >= 15 is 0 Å². The van der Waals surface area contributed by atoms with E-state index in [4.69, 9.17) is 16.3 Å². The fourth-order valence-electron chi connectivity index (χ4n) is 1.96. The summed E-state index contributed by atoms with van der Waals surface area (Å²) >= 11 is 5.82. The number of nitrogens with zero attached hydrogens (tertiary/aromatic N) is 1. The van der Waals surface area contributed by atoms with Crippen molar-refractivity contribution in [3.8, 4) is 5.75 Å². The fraction of sp³-hybridized carbons (Fsp3) is 0.615. The minimum atomic E-state index is 0.406. The van der Waals surface area contributed by atoms with Gasteiger partial charge >= 0.3 is 0 Å². The maximum atomic E-state index is 5.82. The lowest BCUT2D eigenvalue weighted by Crippen LogP contribution is -2.17. The van der Waals surface area contributed by atoms with Crippen LogP contribution in [0, 0.1) is 5.41 Å². The summed E-state index contributed by atoms with van der Waals surface area (Å²) in [7, 11) is 0. The van der Waals surface area contributed by atoms with Crippen molar-refractivity contribution in [3.63, 3.8) is 0 Å². The topological polar surface area (TPSA) is 34.1 Å². The van der Waals surface area contributed by atoms with Crippen molar-refractivity contribution >= 4 is 17.4 Å². The van der Waals surface area contributed by atoms with E-state index < -0.39 is 0 Å². The van der Waals surface area contributed by atoms with Gasteiger partial charge in [-0.15, -0.1) is 11.6 Å². The van der Waals surface area contributed by atoms with E-state index in [1.54, 1.807) is 6.20 Å². The molecule has 1 heterocycles. The molecule has 1 fully saturated rings. The monoisotopic (exact) mass is 254 g/mol. The lowest BCUT2D eigenvalue weighted by Gasteiger charge is -2.16. The third-order valence-corrected chi connectivity index (χ3v) is 3.47. The molecule has 2 rings (SSSR count). The Morgan fingerprint density at radius 1 is 1.53 bits per heavy atom. The van der Waals surface area contributed by atoms with E-state index in [1.807, 2.05) is 19.1 Å². The van der Waals surface area contributed by atoms with Crippen molar-refractivity contribution in [2.24, 2.45) is 5.41 Å². The predicted molar refractivity (Wildman–Crippen MR) is 70.9 cm³/mol. The van der Waals surface area contributed by atoms with Gasteiger partial charge in [0.1, 0.15) is 0 Å². The van der Waals surface area contributed by atoms with E-state index in [9.17, 15) is 0 Å². The van der Waals surface area contributed by atoms with Gasteiger partial charge < -0.3 is 10.1 Å². The number of ether oxygens (including phenoxy) is 1. The molecule has 1 N–H and O–H groups in total. The summed E-state index contributed by atoms with van der Waals surface area (Å²) < 4.78 is 5.53. The molecule has 0 aliphatic heterocycles. The van der Waals surface area contributed by atoms with Crippen molar-refractivity contribution in [2.45, 2.75) is 26.2 Å². The summed E-state index contributed by atoms with van der Waals surface area (Å²) in [5, 5.41) is 3.39. The molecule has 0 amide bonds. The molecule has 1 aliphatic carbocycles. The summed E-state index contributed by atoms with van der Waals surface area (Å²) in [4.78, 5) is 4.32. The van der Waals surface area contributed by atoms with Crippen LogP contribution in [0.2, 0.25) is 0 Å². The number of hydrogen-bond acceptors (Lipinski definition) is 3. The van der Waals surface area contributed by atoms with Gasteiger partial charge in [0.25, 0.3) is 0 Å². The van der Waals surface area contributed by atoms with Gasteiger partial charge in [-0.1, -0.05) is 0 Å². The number of alkyl halides is 1. The molecular formula is C13H19ClN2O. The zero-order valence-electron chi connectivity index (χ0n) is 10.2. The molecule has 0 saturated heterocycles. The summed E-state index contributed by atoms with van der Waals surface area (Å²) in [5.41, 5.74) is 0.406. The van der Waals surface area contributed by atoms with E-state index in [1.165, 1.54) is 12.8 Å². The second kappa shape index (κ2) is 5.58. The summed E-state index contributed by atoms with van der Waals surface area (Å²) in [6.45, 7) is 3.58. The second-order valence-electron chi connectivity index (χ2n) is 4.58. The number of hydrogen-bond donors (Lipinski definition) is 1. The Kier molecular flexibility index (Phi) is 4.11. The molecule has 0 radical (unpaired) electrons. The minimum Gasteiger partial charge on any atom is -0.490 e. The molecule has 1 aromatic heterocycles. The molecule has 0 spiro atoms. The second-order valence-corrected chi connectivity index (χ2v) is 4.95. The Morgan fingerprint density at radius 3 is 3.00 bits per heavy atom. The van der Waals surface area contributed by atoms with Crippen LogP contribution in [0.25, 0.3) is 0 Å². The van der Waals surface area contributed by atoms with Gasteiger partial charge in [0.15, 0.2) is 11.6 Å². The fourth-order valence-corrected chi connectivity index (χ4v) is 2.36. The van der Waals surface area contributed by atoms with Crippen LogP contribution < -0.4 is 10.1 Å². The zero-order valence-corrected chi connectivity index (χ0v) is 11.0. The Bertz CT molecular complexity index is 366. The van der Waals surface area contributed by atoms with E-state index in [0.29, 0.717) is 12.0 Å². The molecule has 0 bridgehead atoms. The quantitative estimate of drug-likeness (QED) is 0.758. The first-order valence-corrected chi connectivity index (χ1v) is 6.71. The normalized spacial score (nSPS) is 16.6. The molecule has 94 valence electrons. The average Bonchev–Trinajstić information content (AvgIpc) is 3.09. The molecule has 0 aromatic carbocycles. The third-order valence-electron chi connectivity index (χ3n) is 3.28. The summed E-state index contributed by atoms with van der Waals surface area (Å²) in [6.07, 6.45) is 5.40. The number of anilines is 1. The predicted octanol–water partition coefficient (Wildman–Crippen LogP) is 3.30. The van der Waals surface area contributed by atoms with Crippen molar-refractivity contribution < 1.29 is 4.74 Å². The Hall–Kier alpha value is -0.960. The first kappa shape index (κ1) is 12.5. The highest BCUT2D eigenvalue weighted by Gasteiger charge is 2.41. The van der Waals surface area contributed by atoms with E-state index in [-0.39, 0.29) is 0 Å². The Labute approximate surface area is 108 Å². The van der Waals surface area contributed by atoms with E-state index in [2.05, 4.69) is 10.3 Å². The number of halogens is 1. The molecular weight excluding hydrogens is 236 g/mol. The smallest absolute Gasteiger partial charge is 0.168 e. The summed E-state index contributed by atoms with van der Waals surface area (Å²) in [5.74, 6) is 2.41. The van der Waals surface area contributed by atoms with Crippen LogP contribution in [-0.4, -0.2) is 24.0 Å². The van der Waals surface area contributed by atoms with Crippen LogP contribution in [-0.2, 0) is 0 Å². The first-order chi connectivity index (χ1) is 8.29. The van der Waals surface area contributed by atoms with Crippen LogP contribution in [0.3, 0.4) is 0 Å².